The summed E-state index contributed by atoms with van der Waals surface area (Å²) in [4.78, 5) is 23.4. The lowest BCUT2D eigenvalue weighted by Gasteiger charge is -2.21. The summed E-state index contributed by atoms with van der Waals surface area (Å²) in [5.74, 6) is -1.14. The van der Waals surface area contributed by atoms with Crippen molar-refractivity contribution in [2.75, 3.05) is 5.33 Å². The molecule has 2 aromatic carbocycles. The number of halogens is 3. The smallest absolute Gasteiger partial charge is 0.139 e. The van der Waals surface area contributed by atoms with Crippen LogP contribution in [0, 0.1) is 28.9 Å². The summed E-state index contributed by atoms with van der Waals surface area (Å²) in [5, 5.41) is 20.1. The Morgan fingerprint density at radius 1 is 0.789 bits per heavy atom. The van der Waals surface area contributed by atoms with Gasteiger partial charge in [-0.2, -0.15) is 0 Å². The summed E-state index contributed by atoms with van der Waals surface area (Å²) in [6.07, 6.45) is -0.220. The minimum atomic E-state index is -0.885. The molecule has 0 fully saturated rings. The van der Waals surface area contributed by atoms with Crippen LogP contribution in [0.4, 0.5) is 8.78 Å². The molecule has 0 unspecified atom stereocenters. The quantitative estimate of drug-likeness (QED) is 0.264. The van der Waals surface area contributed by atoms with Crippen LogP contribution in [0.15, 0.2) is 36.4 Å². The van der Waals surface area contributed by atoms with Gasteiger partial charge in [0, 0.05) is 41.1 Å². The molecule has 212 valence electrons. The highest BCUT2D eigenvalue weighted by molar-refractivity contribution is 9.09. The van der Waals surface area contributed by atoms with Crippen LogP contribution >= 0.6 is 15.9 Å². The van der Waals surface area contributed by atoms with Crippen LogP contribution in [0.2, 0.25) is 0 Å². The van der Waals surface area contributed by atoms with E-state index in [1.54, 1.807) is 44.2 Å². The lowest BCUT2D eigenvalue weighted by molar-refractivity contribution is -0.122. The van der Waals surface area contributed by atoms with E-state index in [4.69, 9.17) is 0 Å². The summed E-state index contributed by atoms with van der Waals surface area (Å²) in [5.41, 5.74) is 1.36. The first-order chi connectivity index (χ1) is 17.6. The van der Waals surface area contributed by atoms with E-state index in [1.165, 1.54) is 6.07 Å². The topological polar surface area (TPSA) is 74.6 Å². The van der Waals surface area contributed by atoms with Crippen molar-refractivity contribution in [2.24, 2.45) is 17.3 Å². The highest BCUT2D eigenvalue weighted by atomic mass is 79.9. The molecule has 38 heavy (non-hydrogen) atoms. The molecule has 0 aliphatic heterocycles. The molecule has 0 radical (unpaired) electrons. The van der Waals surface area contributed by atoms with E-state index in [9.17, 15) is 28.6 Å². The van der Waals surface area contributed by atoms with E-state index in [2.05, 4.69) is 36.7 Å². The fourth-order valence-electron chi connectivity index (χ4n) is 3.58. The van der Waals surface area contributed by atoms with Gasteiger partial charge in [0.05, 0.1) is 12.2 Å². The number of aliphatic hydroxyl groups excluding tert-OH is 2. The van der Waals surface area contributed by atoms with Crippen LogP contribution in [0.1, 0.15) is 95.8 Å². The van der Waals surface area contributed by atoms with Gasteiger partial charge in [0.2, 0.25) is 0 Å². The van der Waals surface area contributed by atoms with Crippen LogP contribution < -0.4 is 0 Å². The van der Waals surface area contributed by atoms with Crippen LogP contribution in [-0.4, -0.2) is 27.1 Å². The van der Waals surface area contributed by atoms with E-state index < -0.39 is 23.8 Å². The van der Waals surface area contributed by atoms with Crippen molar-refractivity contribution in [3.05, 3.63) is 70.3 Å². The maximum atomic E-state index is 14.5. The summed E-state index contributed by atoms with van der Waals surface area (Å²) in [6, 6.07) is 9.71. The minimum Gasteiger partial charge on any atom is -0.388 e. The van der Waals surface area contributed by atoms with Crippen molar-refractivity contribution in [1.29, 1.82) is 0 Å². The van der Waals surface area contributed by atoms with Crippen LogP contribution in [0.5, 0.6) is 0 Å². The molecule has 2 N–H and O–H groups in total. The van der Waals surface area contributed by atoms with Gasteiger partial charge in [-0.3, -0.25) is 9.59 Å². The van der Waals surface area contributed by atoms with Crippen molar-refractivity contribution in [1.82, 2.24) is 0 Å². The minimum absolute atomic E-state index is 0.00520. The number of carbonyl (C=O) groups is 2. The third-order valence-corrected chi connectivity index (χ3v) is 6.88. The van der Waals surface area contributed by atoms with Crippen LogP contribution in [-0.2, 0) is 22.4 Å². The van der Waals surface area contributed by atoms with E-state index in [0.29, 0.717) is 23.1 Å². The van der Waals surface area contributed by atoms with E-state index >= 15 is 0 Å². The molecule has 0 aliphatic rings. The molecule has 0 aromatic heterocycles. The van der Waals surface area contributed by atoms with Crippen LogP contribution in [0.25, 0.3) is 0 Å². The second-order valence-corrected chi connectivity index (χ2v) is 12.2. The van der Waals surface area contributed by atoms with Crippen molar-refractivity contribution in [3.8, 4) is 0 Å². The Balaban J connectivity index is 0.000000389. The number of hydrogen-bond donors (Lipinski definition) is 2. The normalized spacial score (nSPS) is 13.2. The zero-order valence-electron chi connectivity index (χ0n) is 23.7. The molecule has 0 aliphatic carbocycles. The zero-order valence-corrected chi connectivity index (χ0v) is 25.2. The molecule has 0 saturated carbocycles. The van der Waals surface area contributed by atoms with E-state index in [-0.39, 0.29) is 52.6 Å². The first-order valence-corrected chi connectivity index (χ1v) is 14.2. The van der Waals surface area contributed by atoms with Crippen molar-refractivity contribution in [2.45, 2.75) is 86.4 Å². The fraction of sp³-hybridized carbons (Fsp3) is 0.548. The number of Topliss-reactive ketones (excluding diaryl/α,β-unsaturated/α-hetero) is 2. The Hall–Kier alpha value is -1.96. The third kappa shape index (κ3) is 11.0. The predicted octanol–water partition coefficient (Wildman–Crippen LogP) is 7.47. The van der Waals surface area contributed by atoms with Crippen molar-refractivity contribution < 1.29 is 28.6 Å². The molecule has 0 bridgehead atoms. The summed E-state index contributed by atoms with van der Waals surface area (Å²) >= 11 is 3.10. The number of alkyl halides is 1. The Kier molecular flexibility index (Phi) is 14.0. The molecule has 4 nitrogen and oxygen atoms in total. The molecular weight excluding hydrogens is 554 g/mol. The average molecular weight is 598 g/mol. The standard InChI is InChI=1S/C18H27FO2.C13H16BrFO2/c1-12(2)16(21)11-13-7-6-8-14(17(13)19)15(20)9-10-18(3,4)5;1-8(2)11(16)6-9-4-3-5-10(13(9)15)12(17)7-14/h6-8,12,15,20H,9-11H2,1-5H3;3-5,8,12,17H,6-7H2,1-2H3/t15-;12-/m00/s1. The molecule has 7 heteroatoms. The van der Waals surface area contributed by atoms with Gasteiger partial charge in [-0.1, -0.05) is 101 Å². The van der Waals surface area contributed by atoms with Crippen LogP contribution in [0.3, 0.4) is 0 Å². The number of hydrogen-bond acceptors (Lipinski definition) is 4. The number of benzene rings is 2. The van der Waals surface area contributed by atoms with Gasteiger partial charge in [0.1, 0.15) is 23.2 Å². The first-order valence-electron chi connectivity index (χ1n) is 13.1. The number of ketones is 2. The highest BCUT2D eigenvalue weighted by Gasteiger charge is 2.21. The predicted molar refractivity (Wildman–Crippen MR) is 152 cm³/mol. The Labute approximate surface area is 235 Å². The average Bonchev–Trinajstić information content (AvgIpc) is 2.84. The number of rotatable bonds is 11. The lowest BCUT2D eigenvalue weighted by Crippen LogP contribution is -2.13. The third-order valence-electron chi connectivity index (χ3n) is 6.27. The molecule has 0 heterocycles. The molecule has 0 spiro atoms. The van der Waals surface area contributed by atoms with E-state index in [0.717, 1.165) is 6.42 Å². The maximum Gasteiger partial charge on any atom is 0.139 e. The molecular formula is C31H43BrF2O4. The van der Waals surface area contributed by atoms with E-state index in [1.807, 2.05) is 13.8 Å². The number of aliphatic hydroxyl groups is 2. The second-order valence-electron chi connectivity index (χ2n) is 11.5. The van der Waals surface area contributed by atoms with Gasteiger partial charge < -0.3 is 10.2 Å². The van der Waals surface area contributed by atoms with Gasteiger partial charge in [-0.05, 0) is 29.4 Å². The van der Waals surface area contributed by atoms with Gasteiger partial charge in [-0.15, -0.1) is 0 Å². The summed E-state index contributed by atoms with van der Waals surface area (Å²) in [7, 11) is 0. The van der Waals surface area contributed by atoms with Gasteiger partial charge in [-0.25, -0.2) is 8.78 Å². The Bertz CT molecular complexity index is 1060. The molecule has 2 rings (SSSR count). The van der Waals surface area contributed by atoms with Crippen molar-refractivity contribution >= 4 is 27.5 Å². The molecule has 2 aromatic rings. The van der Waals surface area contributed by atoms with Crippen molar-refractivity contribution in [3.63, 3.8) is 0 Å². The molecule has 0 saturated heterocycles. The van der Waals surface area contributed by atoms with Gasteiger partial charge in [0.15, 0.2) is 0 Å². The highest BCUT2D eigenvalue weighted by Crippen LogP contribution is 2.29. The summed E-state index contributed by atoms with van der Waals surface area (Å²) < 4.78 is 28.5. The second kappa shape index (κ2) is 15.6. The SMILES string of the molecule is CC(C)C(=O)Cc1cccc([C@@H](O)CBr)c1F.CC(C)C(=O)Cc1cccc([C@@H](O)CCC(C)(C)C)c1F. The van der Waals surface area contributed by atoms with Gasteiger partial charge in [0.25, 0.3) is 0 Å². The maximum absolute atomic E-state index is 14.5. The lowest BCUT2D eigenvalue weighted by atomic mass is 9.87. The molecule has 0 amide bonds. The van der Waals surface area contributed by atoms with Gasteiger partial charge >= 0.3 is 0 Å². The first kappa shape index (κ1) is 34.1. The largest absolute Gasteiger partial charge is 0.388 e. The zero-order chi connectivity index (χ0) is 29.2. The Morgan fingerprint density at radius 2 is 1.18 bits per heavy atom. The fourth-order valence-corrected chi connectivity index (χ4v) is 3.93. The monoisotopic (exact) mass is 596 g/mol. The Morgan fingerprint density at radius 3 is 1.53 bits per heavy atom. The number of carbonyl (C=O) groups excluding carboxylic acids is 2. The summed E-state index contributed by atoms with van der Waals surface area (Å²) in [6.45, 7) is 13.5. The molecule has 2 atom stereocenters.